The molecular formula is C17H22N2O4. The van der Waals surface area contributed by atoms with Crippen LogP contribution in [0.5, 0.6) is 0 Å². The number of nitrogens with one attached hydrogen (secondary N) is 1. The van der Waals surface area contributed by atoms with Crippen LogP contribution in [0.1, 0.15) is 25.8 Å². The number of hydrogen-bond acceptors (Lipinski definition) is 3. The second-order valence-corrected chi connectivity index (χ2v) is 6.57. The quantitative estimate of drug-likeness (QED) is 0.827. The Balaban J connectivity index is 1.89. The van der Waals surface area contributed by atoms with Gasteiger partial charge in [-0.3, -0.25) is 14.4 Å². The normalized spacial score (nSPS) is 18.1. The van der Waals surface area contributed by atoms with Crippen LogP contribution >= 0.6 is 0 Å². The molecule has 2 N–H and O–H groups in total. The number of carbonyl (C=O) groups excluding carboxylic acids is 2. The summed E-state index contributed by atoms with van der Waals surface area (Å²) in [5.74, 6) is -1.70. The van der Waals surface area contributed by atoms with E-state index in [1.807, 2.05) is 30.3 Å². The fraction of sp³-hybridized carbons (Fsp3) is 0.471. The molecule has 1 heterocycles. The van der Waals surface area contributed by atoms with Gasteiger partial charge in [-0.25, -0.2) is 0 Å². The van der Waals surface area contributed by atoms with Gasteiger partial charge in [-0.1, -0.05) is 30.3 Å². The van der Waals surface area contributed by atoms with Crippen molar-refractivity contribution in [2.24, 2.45) is 11.3 Å². The fourth-order valence-electron chi connectivity index (χ4n) is 2.43. The van der Waals surface area contributed by atoms with E-state index in [0.717, 1.165) is 5.56 Å². The first-order valence-corrected chi connectivity index (χ1v) is 7.62. The van der Waals surface area contributed by atoms with Gasteiger partial charge in [-0.05, 0) is 19.4 Å². The molecule has 0 spiro atoms. The number of hydrogen-bond donors (Lipinski definition) is 2. The lowest BCUT2D eigenvalue weighted by Gasteiger charge is -2.21. The van der Waals surface area contributed by atoms with Gasteiger partial charge in [0.15, 0.2) is 0 Å². The highest BCUT2D eigenvalue weighted by Gasteiger charge is 2.35. The first-order chi connectivity index (χ1) is 10.8. The largest absolute Gasteiger partial charge is 0.481 e. The first-order valence-electron chi connectivity index (χ1n) is 7.62. The molecule has 1 aliphatic heterocycles. The minimum atomic E-state index is -1.03. The van der Waals surface area contributed by atoms with Gasteiger partial charge in [0.05, 0.1) is 11.3 Å². The number of aliphatic carboxylic acids is 1. The smallest absolute Gasteiger partial charge is 0.310 e. The fourth-order valence-corrected chi connectivity index (χ4v) is 2.43. The Morgan fingerprint density at radius 2 is 1.96 bits per heavy atom. The summed E-state index contributed by atoms with van der Waals surface area (Å²) >= 11 is 0. The standard InChI is InChI=1S/C17H22N2O4/c1-17(2,16(22)23)11-18-15(21)13-8-14(20)19(10-13)9-12-6-4-3-5-7-12/h3-7,13H,8-11H2,1-2H3,(H,18,21)(H,22,23). The lowest BCUT2D eigenvalue weighted by Crippen LogP contribution is -2.41. The van der Waals surface area contributed by atoms with Crippen LogP contribution in [-0.4, -0.2) is 40.9 Å². The van der Waals surface area contributed by atoms with Gasteiger partial charge in [0.1, 0.15) is 0 Å². The van der Waals surface area contributed by atoms with Crippen LogP contribution in [0, 0.1) is 11.3 Å². The lowest BCUT2D eigenvalue weighted by molar-refractivity contribution is -0.147. The summed E-state index contributed by atoms with van der Waals surface area (Å²) in [6, 6.07) is 9.62. The third kappa shape index (κ3) is 4.31. The van der Waals surface area contributed by atoms with Crippen molar-refractivity contribution < 1.29 is 19.5 Å². The molecule has 1 aliphatic rings. The number of carboxylic acid groups (broad SMARTS) is 1. The molecule has 2 amide bonds. The highest BCUT2D eigenvalue weighted by atomic mass is 16.4. The average molecular weight is 318 g/mol. The van der Waals surface area contributed by atoms with Crippen LogP contribution in [0.2, 0.25) is 0 Å². The molecule has 1 aromatic rings. The van der Waals surface area contributed by atoms with E-state index in [4.69, 9.17) is 5.11 Å². The summed E-state index contributed by atoms with van der Waals surface area (Å²) in [6.07, 6.45) is 0.173. The van der Waals surface area contributed by atoms with Crippen molar-refractivity contribution in [3.05, 3.63) is 35.9 Å². The van der Waals surface area contributed by atoms with Crippen molar-refractivity contribution in [2.75, 3.05) is 13.1 Å². The van der Waals surface area contributed by atoms with Crippen molar-refractivity contribution in [3.8, 4) is 0 Å². The molecule has 0 bridgehead atoms. The maximum absolute atomic E-state index is 12.2. The summed E-state index contributed by atoms with van der Waals surface area (Å²) in [5, 5.41) is 11.7. The van der Waals surface area contributed by atoms with E-state index >= 15 is 0 Å². The first kappa shape index (κ1) is 17.0. The van der Waals surface area contributed by atoms with Crippen LogP contribution in [0.15, 0.2) is 30.3 Å². The third-order valence-corrected chi connectivity index (χ3v) is 4.09. The van der Waals surface area contributed by atoms with E-state index in [-0.39, 0.29) is 24.8 Å². The van der Waals surface area contributed by atoms with Crippen LogP contribution in [0.3, 0.4) is 0 Å². The summed E-state index contributed by atoms with van der Waals surface area (Å²) in [6.45, 7) is 4.01. The molecule has 1 fully saturated rings. The Morgan fingerprint density at radius 3 is 2.57 bits per heavy atom. The SMILES string of the molecule is CC(C)(CNC(=O)C1CC(=O)N(Cc2ccccc2)C1)C(=O)O. The minimum absolute atomic E-state index is 0.0462. The molecule has 1 atom stereocenters. The van der Waals surface area contributed by atoms with E-state index in [2.05, 4.69) is 5.32 Å². The zero-order chi connectivity index (χ0) is 17.0. The molecule has 6 nitrogen and oxygen atoms in total. The molecule has 1 aromatic carbocycles. The summed E-state index contributed by atoms with van der Waals surface area (Å²) in [4.78, 5) is 36.9. The predicted octanol–water partition coefficient (Wildman–Crippen LogP) is 1.26. The van der Waals surface area contributed by atoms with E-state index in [1.165, 1.54) is 0 Å². The van der Waals surface area contributed by atoms with Crippen LogP contribution in [0.25, 0.3) is 0 Å². The molecule has 0 radical (unpaired) electrons. The van der Waals surface area contributed by atoms with Gasteiger partial charge in [0.25, 0.3) is 0 Å². The molecule has 1 saturated heterocycles. The Morgan fingerprint density at radius 1 is 1.30 bits per heavy atom. The van der Waals surface area contributed by atoms with Crippen LogP contribution < -0.4 is 5.32 Å². The Hall–Kier alpha value is -2.37. The van der Waals surface area contributed by atoms with Gasteiger partial charge in [-0.15, -0.1) is 0 Å². The highest BCUT2D eigenvalue weighted by Crippen LogP contribution is 2.21. The molecular weight excluding hydrogens is 296 g/mol. The number of rotatable bonds is 6. The van der Waals surface area contributed by atoms with Crippen LogP contribution in [-0.2, 0) is 20.9 Å². The van der Waals surface area contributed by atoms with Gasteiger partial charge in [-0.2, -0.15) is 0 Å². The van der Waals surface area contributed by atoms with Crippen molar-refractivity contribution in [3.63, 3.8) is 0 Å². The Kier molecular flexibility index (Phi) is 5.03. The van der Waals surface area contributed by atoms with Gasteiger partial charge in [0, 0.05) is 26.1 Å². The number of carboxylic acids is 1. The molecule has 2 rings (SSSR count). The molecule has 124 valence electrons. The molecule has 1 unspecified atom stereocenters. The number of nitrogens with zero attached hydrogens (tertiary/aromatic N) is 1. The Labute approximate surface area is 135 Å². The third-order valence-electron chi connectivity index (χ3n) is 4.09. The van der Waals surface area contributed by atoms with E-state index in [0.29, 0.717) is 13.1 Å². The van der Waals surface area contributed by atoms with Crippen LogP contribution in [0.4, 0.5) is 0 Å². The zero-order valence-electron chi connectivity index (χ0n) is 13.4. The molecule has 0 aromatic heterocycles. The average Bonchev–Trinajstić information content (AvgIpc) is 2.87. The molecule has 6 heteroatoms. The number of likely N-dealkylation sites (tertiary alicyclic amines) is 1. The minimum Gasteiger partial charge on any atom is -0.481 e. The summed E-state index contributed by atoms with van der Waals surface area (Å²) in [7, 11) is 0. The molecule has 23 heavy (non-hydrogen) atoms. The topological polar surface area (TPSA) is 86.7 Å². The maximum atomic E-state index is 12.2. The second-order valence-electron chi connectivity index (χ2n) is 6.57. The second kappa shape index (κ2) is 6.81. The van der Waals surface area contributed by atoms with E-state index in [1.54, 1.807) is 18.7 Å². The molecule has 0 saturated carbocycles. The predicted molar refractivity (Wildman–Crippen MR) is 84.4 cm³/mol. The van der Waals surface area contributed by atoms with Crippen molar-refractivity contribution in [2.45, 2.75) is 26.8 Å². The number of carbonyl (C=O) groups is 3. The number of benzene rings is 1. The van der Waals surface area contributed by atoms with E-state index < -0.39 is 17.3 Å². The Bertz CT molecular complexity index is 598. The molecule has 0 aliphatic carbocycles. The van der Waals surface area contributed by atoms with Crippen molar-refractivity contribution >= 4 is 17.8 Å². The van der Waals surface area contributed by atoms with Gasteiger partial charge < -0.3 is 15.3 Å². The summed E-state index contributed by atoms with van der Waals surface area (Å²) < 4.78 is 0. The van der Waals surface area contributed by atoms with E-state index in [9.17, 15) is 14.4 Å². The lowest BCUT2D eigenvalue weighted by atomic mass is 9.93. The van der Waals surface area contributed by atoms with Crippen molar-refractivity contribution in [1.82, 2.24) is 10.2 Å². The number of amides is 2. The summed E-state index contributed by atoms with van der Waals surface area (Å²) in [5.41, 5.74) is -0.00365. The van der Waals surface area contributed by atoms with Gasteiger partial charge in [0.2, 0.25) is 11.8 Å². The maximum Gasteiger partial charge on any atom is 0.310 e. The highest BCUT2D eigenvalue weighted by molar-refractivity contribution is 5.89. The monoisotopic (exact) mass is 318 g/mol. The van der Waals surface area contributed by atoms with Gasteiger partial charge >= 0.3 is 5.97 Å². The van der Waals surface area contributed by atoms with Crippen molar-refractivity contribution in [1.29, 1.82) is 0 Å². The zero-order valence-corrected chi connectivity index (χ0v) is 13.4.